The van der Waals surface area contributed by atoms with Gasteiger partial charge in [0.2, 0.25) is 0 Å². The minimum atomic E-state index is -1.38. The highest BCUT2D eigenvalue weighted by Gasteiger charge is 2.53. The predicted molar refractivity (Wildman–Crippen MR) is 47.1 cm³/mol. The van der Waals surface area contributed by atoms with Gasteiger partial charge < -0.3 is 9.47 Å². The van der Waals surface area contributed by atoms with Crippen LogP contribution in [0.4, 0.5) is 0 Å². The third kappa shape index (κ3) is 1.01. The topological polar surface area (TPSA) is 64.6 Å². The number of ether oxygens (including phenoxy) is 2. The fourth-order valence-corrected chi connectivity index (χ4v) is 1.85. The van der Waals surface area contributed by atoms with Crippen molar-refractivity contribution >= 4 is 11.9 Å². The first-order valence-corrected chi connectivity index (χ1v) is 4.51. The molecule has 3 rings (SSSR count). The number of carbonyl (C=O) groups is 2. The van der Waals surface area contributed by atoms with Crippen molar-refractivity contribution in [3.63, 3.8) is 0 Å². The van der Waals surface area contributed by atoms with Crippen LogP contribution in [0, 0.1) is 0 Å². The molecule has 2 heterocycles. The molecule has 76 valence electrons. The van der Waals surface area contributed by atoms with E-state index in [0.717, 1.165) is 5.56 Å². The fraction of sp³-hybridized carbons (Fsp3) is 0.200. The van der Waals surface area contributed by atoms with Crippen molar-refractivity contribution in [3.8, 4) is 0 Å². The van der Waals surface area contributed by atoms with Crippen molar-refractivity contribution in [2.45, 2.75) is 12.5 Å². The van der Waals surface area contributed by atoms with Gasteiger partial charge in [-0.2, -0.15) is 0 Å². The third-order valence-electron chi connectivity index (χ3n) is 2.52. The molecule has 2 aliphatic heterocycles. The first-order chi connectivity index (χ1) is 7.21. The molecule has 0 amide bonds. The third-order valence-corrected chi connectivity index (χ3v) is 2.52. The Hall–Kier alpha value is -1.88. The van der Waals surface area contributed by atoms with Crippen molar-refractivity contribution in [2.75, 3.05) is 0 Å². The molecule has 1 aromatic carbocycles. The van der Waals surface area contributed by atoms with E-state index >= 15 is 0 Å². The summed E-state index contributed by atoms with van der Waals surface area (Å²) in [5.74, 6) is -3.30. The van der Waals surface area contributed by atoms with E-state index in [1.807, 2.05) is 12.1 Å². The van der Waals surface area contributed by atoms with E-state index in [9.17, 15) is 9.59 Å². The van der Waals surface area contributed by atoms with Crippen LogP contribution in [-0.4, -0.2) is 11.9 Å². The van der Waals surface area contributed by atoms with Gasteiger partial charge in [0.25, 0.3) is 0 Å². The maximum atomic E-state index is 11.0. The van der Waals surface area contributed by atoms with Gasteiger partial charge in [-0.25, -0.2) is 14.9 Å². The molecule has 0 atom stereocenters. The molecule has 1 aromatic rings. The van der Waals surface area contributed by atoms with Gasteiger partial charge in [-0.3, -0.25) is 0 Å². The molecule has 0 unspecified atom stereocenters. The van der Waals surface area contributed by atoms with Crippen molar-refractivity contribution in [1.29, 1.82) is 0 Å². The van der Waals surface area contributed by atoms with Gasteiger partial charge in [0.1, 0.15) is 0 Å². The van der Waals surface area contributed by atoms with E-state index in [2.05, 4.69) is 5.32 Å². The van der Waals surface area contributed by atoms with Gasteiger partial charge in [0.15, 0.2) is 0 Å². The maximum absolute atomic E-state index is 11.0. The molecule has 1 N–H and O–H groups in total. The van der Waals surface area contributed by atoms with Crippen LogP contribution in [0.15, 0.2) is 24.3 Å². The van der Waals surface area contributed by atoms with Crippen molar-refractivity contribution in [3.05, 3.63) is 35.4 Å². The zero-order valence-electron chi connectivity index (χ0n) is 7.65. The Labute approximate surface area is 85.0 Å². The number of esters is 2. The summed E-state index contributed by atoms with van der Waals surface area (Å²) in [6.07, 6.45) is 0. The molecule has 1 spiro atoms. The number of hydrogen-bond donors (Lipinski definition) is 1. The van der Waals surface area contributed by atoms with Crippen LogP contribution in [0.5, 0.6) is 0 Å². The lowest BCUT2D eigenvalue weighted by Crippen LogP contribution is -2.38. The smallest absolute Gasteiger partial charge is 0.396 e. The standard InChI is InChI=1S/C10H7NO4/c12-8-9(13)15-10(14-8)7-4-2-1-3-6(7)5-11-10/h1-4,11H,5H2. The minimum Gasteiger partial charge on any atom is -0.396 e. The SMILES string of the molecule is O=C1OC2(NCc3ccccc32)OC1=O. The highest BCUT2D eigenvalue weighted by Crippen LogP contribution is 2.36. The van der Waals surface area contributed by atoms with E-state index in [0.29, 0.717) is 12.1 Å². The Kier molecular flexibility index (Phi) is 1.45. The fourth-order valence-electron chi connectivity index (χ4n) is 1.85. The first kappa shape index (κ1) is 8.43. The predicted octanol–water partition coefficient (Wildman–Crippen LogP) is 0.0001000. The van der Waals surface area contributed by atoms with E-state index in [1.165, 1.54) is 0 Å². The number of fused-ring (bicyclic) bond motifs is 2. The molecule has 15 heavy (non-hydrogen) atoms. The summed E-state index contributed by atoms with van der Waals surface area (Å²) in [4.78, 5) is 22.0. The number of hydrogen-bond acceptors (Lipinski definition) is 5. The highest BCUT2D eigenvalue weighted by molar-refractivity contribution is 6.31. The normalized spacial score (nSPS) is 21.3. The summed E-state index contributed by atoms with van der Waals surface area (Å²) in [7, 11) is 0. The second-order valence-electron chi connectivity index (χ2n) is 3.41. The highest BCUT2D eigenvalue weighted by atomic mass is 16.8. The van der Waals surface area contributed by atoms with Gasteiger partial charge in [-0.15, -0.1) is 0 Å². The second-order valence-corrected chi connectivity index (χ2v) is 3.41. The summed E-state index contributed by atoms with van der Waals surface area (Å²) >= 11 is 0. The largest absolute Gasteiger partial charge is 0.422 e. The molecular formula is C10H7NO4. The van der Waals surface area contributed by atoms with Gasteiger partial charge in [-0.1, -0.05) is 18.2 Å². The Balaban J connectivity index is 2.11. The molecular weight excluding hydrogens is 198 g/mol. The molecule has 0 radical (unpaired) electrons. The molecule has 0 aromatic heterocycles. The quantitative estimate of drug-likeness (QED) is 0.477. The van der Waals surface area contributed by atoms with Crippen molar-refractivity contribution in [2.24, 2.45) is 0 Å². The van der Waals surface area contributed by atoms with Crippen molar-refractivity contribution in [1.82, 2.24) is 5.32 Å². The Morgan fingerprint density at radius 2 is 1.80 bits per heavy atom. The molecule has 5 heteroatoms. The maximum Gasteiger partial charge on any atom is 0.422 e. The van der Waals surface area contributed by atoms with Gasteiger partial charge in [0, 0.05) is 6.54 Å². The Bertz CT molecular complexity index is 452. The molecule has 0 bridgehead atoms. The number of carbonyl (C=O) groups excluding carboxylic acids is 2. The van der Waals surface area contributed by atoms with Gasteiger partial charge in [0.05, 0.1) is 5.56 Å². The van der Waals surface area contributed by atoms with Crippen LogP contribution >= 0.6 is 0 Å². The number of nitrogens with one attached hydrogen (secondary N) is 1. The summed E-state index contributed by atoms with van der Waals surface area (Å²) in [5.41, 5.74) is 1.64. The monoisotopic (exact) mass is 205 g/mol. The molecule has 1 saturated heterocycles. The van der Waals surface area contributed by atoms with Crippen LogP contribution in [0.2, 0.25) is 0 Å². The van der Waals surface area contributed by atoms with Crippen LogP contribution < -0.4 is 5.32 Å². The first-order valence-electron chi connectivity index (χ1n) is 4.51. The average molecular weight is 205 g/mol. The zero-order valence-corrected chi connectivity index (χ0v) is 7.65. The summed E-state index contributed by atoms with van der Waals surface area (Å²) in [6, 6.07) is 7.32. The summed E-state index contributed by atoms with van der Waals surface area (Å²) in [6.45, 7) is 0.511. The molecule has 5 nitrogen and oxygen atoms in total. The molecule has 0 aliphatic carbocycles. The molecule has 1 fully saturated rings. The lowest BCUT2D eigenvalue weighted by Gasteiger charge is -2.20. The lowest BCUT2D eigenvalue weighted by molar-refractivity contribution is -0.194. The summed E-state index contributed by atoms with van der Waals surface area (Å²) in [5, 5.41) is 2.87. The minimum absolute atomic E-state index is 0.511. The van der Waals surface area contributed by atoms with Crippen molar-refractivity contribution < 1.29 is 19.1 Å². The number of benzene rings is 1. The summed E-state index contributed by atoms with van der Waals surface area (Å²) < 4.78 is 9.85. The van der Waals surface area contributed by atoms with E-state index in [1.54, 1.807) is 12.1 Å². The van der Waals surface area contributed by atoms with Crippen LogP contribution in [0.3, 0.4) is 0 Å². The van der Waals surface area contributed by atoms with E-state index in [4.69, 9.17) is 9.47 Å². The van der Waals surface area contributed by atoms with Gasteiger partial charge in [-0.05, 0) is 11.6 Å². The Morgan fingerprint density at radius 1 is 1.13 bits per heavy atom. The molecule has 0 saturated carbocycles. The number of rotatable bonds is 0. The Morgan fingerprint density at radius 3 is 2.53 bits per heavy atom. The second kappa shape index (κ2) is 2.58. The lowest BCUT2D eigenvalue weighted by atomic mass is 10.1. The van der Waals surface area contributed by atoms with Crippen LogP contribution in [-0.2, 0) is 31.5 Å². The van der Waals surface area contributed by atoms with E-state index < -0.39 is 17.8 Å². The molecule has 2 aliphatic rings. The van der Waals surface area contributed by atoms with Crippen LogP contribution in [0.25, 0.3) is 0 Å². The van der Waals surface area contributed by atoms with Gasteiger partial charge >= 0.3 is 17.8 Å². The zero-order chi connectivity index (χ0) is 10.5. The van der Waals surface area contributed by atoms with E-state index in [-0.39, 0.29) is 0 Å². The average Bonchev–Trinajstić information content (AvgIpc) is 2.72. The van der Waals surface area contributed by atoms with Crippen LogP contribution in [0.1, 0.15) is 11.1 Å².